The van der Waals surface area contributed by atoms with E-state index in [9.17, 15) is 13.6 Å². The fourth-order valence-corrected chi connectivity index (χ4v) is 3.28. The van der Waals surface area contributed by atoms with Crippen LogP contribution in [0, 0.1) is 0 Å². The molecular weight excluding hydrogens is 390 g/mol. The molecular formula is C22H26F2N4O2. The maximum atomic E-state index is 12.9. The SMILES string of the molecule is CCC(C)c1cccc(-n2[nH]n(C)c2=O)c1CON=C(C)c1cccc(C(F)F)c1. The summed E-state index contributed by atoms with van der Waals surface area (Å²) in [4.78, 5) is 17.8. The Morgan fingerprint density at radius 2 is 1.97 bits per heavy atom. The highest BCUT2D eigenvalue weighted by atomic mass is 19.3. The van der Waals surface area contributed by atoms with Crippen molar-refractivity contribution in [1.29, 1.82) is 0 Å². The molecule has 1 N–H and O–H groups in total. The lowest BCUT2D eigenvalue weighted by Crippen LogP contribution is -2.40. The molecule has 0 amide bonds. The van der Waals surface area contributed by atoms with Crippen LogP contribution < -0.4 is 5.69 Å². The normalized spacial score (nSPS) is 13.1. The smallest absolute Gasteiger partial charge is 0.364 e. The minimum atomic E-state index is -2.54. The minimum absolute atomic E-state index is 0.0575. The van der Waals surface area contributed by atoms with E-state index in [1.807, 2.05) is 18.2 Å². The summed E-state index contributed by atoms with van der Waals surface area (Å²) in [6, 6.07) is 11.9. The van der Waals surface area contributed by atoms with E-state index in [-0.39, 0.29) is 23.8 Å². The van der Waals surface area contributed by atoms with Gasteiger partial charge in [-0.1, -0.05) is 49.3 Å². The van der Waals surface area contributed by atoms with Gasteiger partial charge in [-0.15, -0.1) is 0 Å². The van der Waals surface area contributed by atoms with Crippen molar-refractivity contribution in [2.24, 2.45) is 12.2 Å². The van der Waals surface area contributed by atoms with Gasteiger partial charge in [0.25, 0.3) is 6.43 Å². The van der Waals surface area contributed by atoms with E-state index in [1.165, 1.54) is 21.5 Å². The summed E-state index contributed by atoms with van der Waals surface area (Å²) < 4.78 is 28.7. The average molecular weight is 416 g/mol. The van der Waals surface area contributed by atoms with Gasteiger partial charge < -0.3 is 4.84 Å². The molecule has 1 heterocycles. The van der Waals surface area contributed by atoms with Crippen LogP contribution in [0.5, 0.6) is 0 Å². The van der Waals surface area contributed by atoms with Gasteiger partial charge in [0.2, 0.25) is 0 Å². The number of aryl methyl sites for hydroxylation is 1. The van der Waals surface area contributed by atoms with Crippen LogP contribution in [0.2, 0.25) is 0 Å². The molecule has 0 saturated carbocycles. The third-order valence-electron chi connectivity index (χ3n) is 5.27. The lowest BCUT2D eigenvalue weighted by atomic mass is 9.93. The molecule has 0 bridgehead atoms. The number of nitrogens with one attached hydrogen (secondary N) is 1. The Kier molecular flexibility index (Phi) is 6.54. The first-order valence-electron chi connectivity index (χ1n) is 9.84. The minimum Gasteiger partial charge on any atom is -0.391 e. The van der Waals surface area contributed by atoms with Crippen molar-refractivity contribution in [2.45, 2.75) is 46.1 Å². The zero-order valence-corrected chi connectivity index (χ0v) is 17.5. The lowest BCUT2D eigenvalue weighted by molar-refractivity contribution is 0.129. The van der Waals surface area contributed by atoms with E-state index < -0.39 is 6.43 Å². The number of hydrogen-bond acceptors (Lipinski definition) is 3. The van der Waals surface area contributed by atoms with Gasteiger partial charge >= 0.3 is 5.69 Å². The average Bonchev–Trinajstić information content (AvgIpc) is 2.76. The Morgan fingerprint density at radius 3 is 2.60 bits per heavy atom. The van der Waals surface area contributed by atoms with Gasteiger partial charge in [-0.05, 0) is 42.5 Å². The van der Waals surface area contributed by atoms with Crippen molar-refractivity contribution in [1.82, 2.24) is 14.6 Å². The molecule has 0 aliphatic heterocycles. The van der Waals surface area contributed by atoms with E-state index in [4.69, 9.17) is 4.84 Å². The summed E-state index contributed by atoms with van der Waals surface area (Å²) >= 11 is 0. The van der Waals surface area contributed by atoms with E-state index in [0.29, 0.717) is 17.0 Å². The molecule has 2 aromatic carbocycles. The molecule has 0 radical (unpaired) electrons. The number of hydrogen-bond donors (Lipinski definition) is 1. The molecule has 0 spiro atoms. The molecule has 0 fully saturated rings. The zero-order chi connectivity index (χ0) is 21.8. The summed E-state index contributed by atoms with van der Waals surface area (Å²) in [5, 5.41) is 7.06. The summed E-state index contributed by atoms with van der Waals surface area (Å²) in [6.45, 7) is 6.07. The monoisotopic (exact) mass is 416 g/mol. The maximum Gasteiger partial charge on any atom is 0.364 e. The van der Waals surface area contributed by atoms with Crippen LogP contribution >= 0.6 is 0 Å². The number of oxime groups is 1. The first-order chi connectivity index (χ1) is 14.3. The van der Waals surface area contributed by atoms with E-state index in [0.717, 1.165) is 17.5 Å². The van der Waals surface area contributed by atoms with Gasteiger partial charge in [0, 0.05) is 18.2 Å². The number of H-pyrrole nitrogens is 1. The van der Waals surface area contributed by atoms with Crippen LogP contribution in [0.4, 0.5) is 8.78 Å². The number of nitrogens with zero attached hydrogens (tertiary/aromatic N) is 3. The number of benzene rings is 2. The molecule has 160 valence electrons. The molecule has 1 unspecified atom stereocenters. The second-order valence-electron chi connectivity index (χ2n) is 7.31. The summed E-state index contributed by atoms with van der Waals surface area (Å²) in [5.41, 5.74) is 3.50. The Hall–Kier alpha value is -3.16. The van der Waals surface area contributed by atoms with Gasteiger partial charge in [0.05, 0.1) is 11.4 Å². The largest absolute Gasteiger partial charge is 0.391 e. The van der Waals surface area contributed by atoms with Gasteiger partial charge in [-0.3, -0.25) is 0 Å². The second kappa shape index (κ2) is 9.11. The zero-order valence-electron chi connectivity index (χ0n) is 17.5. The molecule has 6 nitrogen and oxygen atoms in total. The highest BCUT2D eigenvalue weighted by Gasteiger charge is 2.18. The van der Waals surface area contributed by atoms with Crippen molar-refractivity contribution in [3.8, 4) is 5.69 Å². The Balaban J connectivity index is 1.89. The topological polar surface area (TPSA) is 64.3 Å². The summed E-state index contributed by atoms with van der Waals surface area (Å²) in [5.74, 6) is 0.269. The van der Waals surface area contributed by atoms with E-state index in [1.54, 1.807) is 26.1 Å². The summed E-state index contributed by atoms with van der Waals surface area (Å²) in [7, 11) is 1.65. The van der Waals surface area contributed by atoms with Crippen molar-refractivity contribution < 1.29 is 13.6 Å². The van der Waals surface area contributed by atoms with Crippen molar-refractivity contribution >= 4 is 5.71 Å². The number of aromatic nitrogens is 3. The predicted molar refractivity (Wildman–Crippen MR) is 112 cm³/mol. The molecule has 1 aromatic heterocycles. The van der Waals surface area contributed by atoms with Crippen molar-refractivity contribution in [2.75, 3.05) is 0 Å². The Labute approximate surface area is 173 Å². The van der Waals surface area contributed by atoms with E-state index >= 15 is 0 Å². The molecule has 0 aliphatic rings. The highest BCUT2D eigenvalue weighted by Crippen LogP contribution is 2.28. The number of aromatic amines is 1. The van der Waals surface area contributed by atoms with Gasteiger partial charge in [-0.2, -0.15) is 4.68 Å². The van der Waals surface area contributed by atoms with Crippen LogP contribution in [0.1, 0.15) is 61.8 Å². The van der Waals surface area contributed by atoms with Gasteiger partial charge in [0.1, 0.15) is 6.61 Å². The highest BCUT2D eigenvalue weighted by molar-refractivity contribution is 5.98. The molecule has 3 aromatic rings. The third-order valence-corrected chi connectivity index (χ3v) is 5.27. The lowest BCUT2D eigenvalue weighted by Gasteiger charge is -2.21. The summed E-state index contributed by atoms with van der Waals surface area (Å²) in [6.07, 6.45) is -1.61. The molecule has 1 atom stereocenters. The van der Waals surface area contributed by atoms with Crippen molar-refractivity contribution in [3.63, 3.8) is 0 Å². The van der Waals surface area contributed by atoms with Crippen LogP contribution in [0.25, 0.3) is 5.69 Å². The Morgan fingerprint density at radius 1 is 1.23 bits per heavy atom. The number of halogens is 2. The molecule has 30 heavy (non-hydrogen) atoms. The molecule has 0 aliphatic carbocycles. The number of alkyl halides is 2. The van der Waals surface area contributed by atoms with Crippen LogP contribution in [0.3, 0.4) is 0 Å². The van der Waals surface area contributed by atoms with E-state index in [2.05, 4.69) is 24.2 Å². The fourth-order valence-electron chi connectivity index (χ4n) is 3.28. The third kappa shape index (κ3) is 4.37. The van der Waals surface area contributed by atoms with Crippen LogP contribution in [-0.4, -0.2) is 20.3 Å². The fraction of sp³-hybridized carbons (Fsp3) is 0.364. The van der Waals surface area contributed by atoms with Crippen molar-refractivity contribution in [3.05, 3.63) is 75.2 Å². The van der Waals surface area contributed by atoms with Crippen LogP contribution in [0.15, 0.2) is 52.4 Å². The molecule has 0 saturated heterocycles. The predicted octanol–water partition coefficient (Wildman–Crippen LogP) is 4.90. The van der Waals surface area contributed by atoms with Gasteiger partial charge in [0.15, 0.2) is 0 Å². The first kappa shape index (κ1) is 21.5. The molecule has 3 rings (SSSR count). The van der Waals surface area contributed by atoms with Gasteiger partial charge in [-0.25, -0.2) is 23.5 Å². The maximum absolute atomic E-state index is 12.9. The molecule has 8 heteroatoms. The Bertz CT molecular complexity index is 1090. The van der Waals surface area contributed by atoms with Crippen LogP contribution in [-0.2, 0) is 18.5 Å². The number of rotatable bonds is 8. The second-order valence-corrected chi connectivity index (χ2v) is 7.31. The quantitative estimate of drug-likeness (QED) is 0.419. The standard InChI is InChI=1S/C22H26F2N4O2/c1-5-14(2)18-10-7-11-20(28-22(29)27(4)26-28)19(18)13-30-25-15(3)16-8-6-9-17(12-16)21(23)24/h6-12,14,21,26H,5,13H2,1-4H3. The first-order valence-corrected chi connectivity index (χ1v) is 9.84.